The molecule has 0 bridgehead atoms. The van der Waals surface area contributed by atoms with Crippen molar-refractivity contribution in [1.82, 2.24) is 20.0 Å². The third-order valence-electron chi connectivity index (χ3n) is 6.59. The molecule has 1 fully saturated rings. The van der Waals surface area contributed by atoms with Gasteiger partial charge in [-0.2, -0.15) is 0 Å². The Balaban J connectivity index is 1.56. The Morgan fingerprint density at radius 2 is 1.74 bits per heavy atom. The van der Waals surface area contributed by atoms with Crippen molar-refractivity contribution >= 4 is 23.6 Å². The lowest BCUT2D eigenvalue weighted by molar-refractivity contribution is -0.126. The van der Waals surface area contributed by atoms with Crippen molar-refractivity contribution < 1.29 is 19.2 Å². The Kier molecular flexibility index (Phi) is 8.13. The summed E-state index contributed by atoms with van der Waals surface area (Å²) in [5, 5.41) is 3.09. The molecule has 8 nitrogen and oxygen atoms in total. The summed E-state index contributed by atoms with van der Waals surface area (Å²) in [5.74, 6) is -0.831. The lowest BCUT2D eigenvalue weighted by Crippen LogP contribution is -2.46. The van der Waals surface area contributed by atoms with E-state index in [1.807, 2.05) is 21.0 Å². The predicted octanol–water partition coefficient (Wildman–Crippen LogP) is 2.64. The zero-order chi connectivity index (χ0) is 25.0. The number of nitrogens with zero attached hydrogens (tertiary/aromatic N) is 3. The van der Waals surface area contributed by atoms with Crippen LogP contribution in [-0.4, -0.2) is 85.1 Å². The fraction of sp³-hybridized carbons (Fsp3) is 0.615. The lowest BCUT2D eigenvalue weighted by atomic mass is 9.91. The minimum absolute atomic E-state index is 0.0195. The molecule has 0 spiro atoms. The molecule has 0 saturated carbocycles. The summed E-state index contributed by atoms with van der Waals surface area (Å²) in [6.07, 6.45) is 2.86. The zero-order valence-corrected chi connectivity index (χ0v) is 21.1. The first kappa shape index (κ1) is 25.9. The van der Waals surface area contributed by atoms with Crippen LogP contribution in [0.3, 0.4) is 0 Å². The maximum Gasteiger partial charge on any atom is 0.261 e. The van der Waals surface area contributed by atoms with Crippen LogP contribution in [0.15, 0.2) is 18.2 Å². The third kappa shape index (κ3) is 5.84. The Labute approximate surface area is 202 Å². The van der Waals surface area contributed by atoms with Gasteiger partial charge < -0.3 is 15.1 Å². The molecule has 0 unspecified atom stereocenters. The van der Waals surface area contributed by atoms with Gasteiger partial charge in [-0.3, -0.25) is 24.1 Å². The number of rotatable bonds is 9. The molecule has 2 aliphatic rings. The van der Waals surface area contributed by atoms with Gasteiger partial charge in [0.1, 0.15) is 0 Å². The van der Waals surface area contributed by atoms with Crippen LogP contribution in [0.5, 0.6) is 0 Å². The Hall–Kier alpha value is -2.74. The second-order valence-electron chi connectivity index (χ2n) is 10.6. The van der Waals surface area contributed by atoms with Gasteiger partial charge in [-0.15, -0.1) is 0 Å². The van der Waals surface area contributed by atoms with Crippen molar-refractivity contribution in [2.75, 3.05) is 46.8 Å². The molecule has 186 valence electrons. The van der Waals surface area contributed by atoms with Gasteiger partial charge >= 0.3 is 0 Å². The van der Waals surface area contributed by atoms with E-state index in [-0.39, 0.29) is 35.0 Å². The molecule has 8 heteroatoms. The highest BCUT2D eigenvalue weighted by Gasteiger charge is 2.36. The minimum atomic E-state index is -0.323. The van der Waals surface area contributed by atoms with Crippen molar-refractivity contribution in [3.8, 4) is 0 Å². The quantitative estimate of drug-likeness (QED) is 0.561. The highest BCUT2D eigenvalue weighted by atomic mass is 16.2. The second kappa shape index (κ2) is 10.7. The molecule has 1 N–H and O–H groups in total. The van der Waals surface area contributed by atoms with Gasteiger partial charge in [0.25, 0.3) is 17.7 Å². The largest absolute Gasteiger partial charge is 0.355 e. The van der Waals surface area contributed by atoms with Gasteiger partial charge in [-0.05, 0) is 57.0 Å². The third-order valence-corrected chi connectivity index (χ3v) is 6.59. The molecule has 3 rings (SSSR count). The molecule has 0 atom stereocenters. The van der Waals surface area contributed by atoms with Gasteiger partial charge in [-0.25, -0.2) is 0 Å². The van der Waals surface area contributed by atoms with Crippen LogP contribution in [0.1, 0.15) is 77.5 Å². The molecule has 1 aromatic rings. The number of benzene rings is 1. The van der Waals surface area contributed by atoms with Crippen LogP contribution in [0.4, 0.5) is 0 Å². The molecular weight excluding hydrogens is 432 g/mol. The fourth-order valence-corrected chi connectivity index (χ4v) is 4.85. The molecule has 2 aliphatic heterocycles. The summed E-state index contributed by atoms with van der Waals surface area (Å²) < 4.78 is 0. The van der Waals surface area contributed by atoms with E-state index in [0.29, 0.717) is 55.7 Å². The number of carbonyl (C=O) groups excluding carboxylic acids is 4. The number of piperidine rings is 1. The lowest BCUT2D eigenvalue weighted by Gasteiger charge is -2.33. The second-order valence-corrected chi connectivity index (χ2v) is 10.6. The van der Waals surface area contributed by atoms with Crippen LogP contribution in [-0.2, 0) is 4.79 Å². The van der Waals surface area contributed by atoms with Crippen LogP contribution >= 0.6 is 0 Å². The Morgan fingerprint density at radius 1 is 1.09 bits per heavy atom. The molecular formula is C26H38N4O4. The standard InChI is InChI=1S/C26H38N4O4/c1-6-7-12-30-24(33)20-9-8-19(15-21(20)25(30)34)23(32)29-13-10-18(11-14-29)22(31)27-16-26(2,3)17-28(4)5/h8-9,15,18H,6-7,10-14,16-17H2,1-5H3,(H,27,31). The number of fused-ring (bicyclic) bond motifs is 1. The number of imide groups is 1. The predicted molar refractivity (Wildman–Crippen MR) is 131 cm³/mol. The van der Waals surface area contributed by atoms with Crippen LogP contribution < -0.4 is 5.32 Å². The Bertz CT molecular complexity index is 948. The smallest absolute Gasteiger partial charge is 0.261 e. The topological polar surface area (TPSA) is 90.0 Å². The van der Waals surface area contributed by atoms with Crippen LogP contribution in [0, 0.1) is 11.3 Å². The van der Waals surface area contributed by atoms with Gasteiger partial charge in [0, 0.05) is 44.2 Å². The number of likely N-dealkylation sites (tertiary alicyclic amines) is 1. The SMILES string of the molecule is CCCCN1C(=O)c2ccc(C(=O)N3CCC(C(=O)NCC(C)(C)CN(C)C)CC3)cc2C1=O. The molecule has 0 aromatic heterocycles. The highest BCUT2D eigenvalue weighted by Crippen LogP contribution is 2.26. The van der Waals surface area contributed by atoms with E-state index in [1.54, 1.807) is 23.1 Å². The van der Waals surface area contributed by atoms with E-state index in [2.05, 4.69) is 24.1 Å². The van der Waals surface area contributed by atoms with Crippen molar-refractivity contribution in [3.05, 3.63) is 34.9 Å². The first-order chi connectivity index (χ1) is 16.0. The van der Waals surface area contributed by atoms with Gasteiger partial charge in [0.15, 0.2) is 0 Å². The zero-order valence-electron chi connectivity index (χ0n) is 21.1. The molecule has 1 saturated heterocycles. The van der Waals surface area contributed by atoms with Crippen LogP contribution in [0.25, 0.3) is 0 Å². The maximum absolute atomic E-state index is 13.1. The summed E-state index contributed by atoms with van der Waals surface area (Å²) in [4.78, 5) is 56.1. The summed E-state index contributed by atoms with van der Waals surface area (Å²) in [6.45, 7) is 9.14. The van der Waals surface area contributed by atoms with Gasteiger partial charge in [0.2, 0.25) is 5.91 Å². The molecule has 4 amide bonds. The average molecular weight is 471 g/mol. The number of amides is 4. The van der Waals surface area contributed by atoms with Crippen molar-refractivity contribution in [1.29, 1.82) is 0 Å². The molecule has 0 radical (unpaired) electrons. The Morgan fingerprint density at radius 3 is 2.35 bits per heavy atom. The first-order valence-corrected chi connectivity index (χ1v) is 12.3. The summed E-state index contributed by atoms with van der Waals surface area (Å²) >= 11 is 0. The minimum Gasteiger partial charge on any atom is -0.355 e. The van der Waals surface area contributed by atoms with Crippen molar-refractivity contribution in [3.63, 3.8) is 0 Å². The van der Waals surface area contributed by atoms with E-state index >= 15 is 0 Å². The monoisotopic (exact) mass is 470 g/mol. The highest BCUT2D eigenvalue weighted by molar-refractivity contribution is 6.22. The summed E-state index contributed by atoms with van der Waals surface area (Å²) in [7, 11) is 4.04. The van der Waals surface area contributed by atoms with E-state index in [0.717, 1.165) is 19.4 Å². The molecule has 1 aromatic carbocycles. The van der Waals surface area contributed by atoms with E-state index in [4.69, 9.17) is 0 Å². The van der Waals surface area contributed by atoms with Crippen molar-refractivity contribution in [2.24, 2.45) is 11.3 Å². The fourth-order valence-electron chi connectivity index (χ4n) is 4.85. The van der Waals surface area contributed by atoms with Gasteiger partial charge in [0.05, 0.1) is 11.1 Å². The number of unbranched alkanes of at least 4 members (excludes halogenated alkanes) is 1. The molecule has 34 heavy (non-hydrogen) atoms. The van der Waals surface area contributed by atoms with E-state index in [1.165, 1.54) is 4.90 Å². The normalized spacial score (nSPS) is 16.9. The number of hydrogen-bond acceptors (Lipinski definition) is 5. The molecule has 0 aliphatic carbocycles. The van der Waals surface area contributed by atoms with Crippen molar-refractivity contribution in [2.45, 2.75) is 46.5 Å². The van der Waals surface area contributed by atoms with E-state index < -0.39 is 0 Å². The number of hydrogen-bond donors (Lipinski definition) is 1. The summed E-state index contributed by atoms with van der Waals surface area (Å²) in [6, 6.07) is 4.77. The summed E-state index contributed by atoms with van der Waals surface area (Å²) in [5.41, 5.74) is 1.06. The maximum atomic E-state index is 13.1. The molecule has 2 heterocycles. The van der Waals surface area contributed by atoms with Gasteiger partial charge in [-0.1, -0.05) is 27.2 Å². The number of nitrogens with one attached hydrogen (secondary N) is 1. The first-order valence-electron chi connectivity index (χ1n) is 12.3. The number of carbonyl (C=O) groups is 4. The van der Waals surface area contributed by atoms with E-state index in [9.17, 15) is 19.2 Å². The average Bonchev–Trinajstić information content (AvgIpc) is 3.04. The van der Waals surface area contributed by atoms with Crippen LogP contribution in [0.2, 0.25) is 0 Å².